The van der Waals surface area contributed by atoms with Gasteiger partial charge in [0.15, 0.2) is 0 Å². The van der Waals surface area contributed by atoms with Crippen molar-refractivity contribution in [3.05, 3.63) is 24.3 Å². The summed E-state index contributed by atoms with van der Waals surface area (Å²) in [5, 5.41) is 2.57. The second-order valence-corrected chi connectivity index (χ2v) is 9.74. The minimum Gasteiger partial charge on any atom is -0.372 e. The molecule has 1 fully saturated rings. The summed E-state index contributed by atoms with van der Waals surface area (Å²) in [6.45, 7) is 9.49. The molecule has 1 saturated carbocycles. The number of carbonyl (C=O) groups is 1. The van der Waals surface area contributed by atoms with Gasteiger partial charge in [0.2, 0.25) is 15.9 Å². The molecule has 1 aliphatic carbocycles. The topological polar surface area (TPSA) is 78.5 Å². The highest BCUT2D eigenvalue weighted by Gasteiger charge is 2.29. The van der Waals surface area contributed by atoms with Crippen molar-refractivity contribution in [2.75, 3.05) is 23.3 Å². The Morgan fingerprint density at radius 2 is 1.63 bits per heavy atom. The number of nitrogens with zero attached hydrogens (tertiary/aromatic N) is 1. The molecule has 0 spiro atoms. The molecule has 1 aromatic rings. The average molecular weight is 396 g/mol. The van der Waals surface area contributed by atoms with E-state index in [1.165, 1.54) is 0 Å². The van der Waals surface area contributed by atoms with Gasteiger partial charge in [0, 0.05) is 36.4 Å². The Kier molecular flexibility index (Phi) is 7.68. The zero-order valence-electron chi connectivity index (χ0n) is 16.9. The molecular weight excluding hydrogens is 362 g/mol. The molecule has 1 amide bonds. The fourth-order valence-electron chi connectivity index (χ4n) is 3.43. The third kappa shape index (κ3) is 5.94. The van der Waals surface area contributed by atoms with Crippen LogP contribution in [0.5, 0.6) is 0 Å². The summed E-state index contributed by atoms with van der Waals surface area (Å²) >= 11 is 0. The molecule has 6 nitrogen and oxygen atoms in total. The molecule has 0 bridgehead atoms. The first kappa shape index (κ1) is 21.7. The van der Waals surface area contributed by atoms with E-state index in [1.54, 1.807) is 13.8 Å². The molecule has 1 aromatic carbocycles. The predicted molar refractivity (Wildman–Crippen MR) is 112 cm³/mol. The van der Waals surface area contributed by atoms with E-state index in [9.17, 15) is 13.2 Å². The largest absolute Gasteiger partial charge is 0.372 e. The summed E-state index contributed by atoms with van der Waals surface area (Å²) < 4.78 is 26.7. The summed E-state index contributed by atoms with van der Waals surface area (Å²) in [5.41, 5.74) is 1.95. The second kappa shape index (κ2) is 9.55. The van der Waals surface area contributed by atoms with Crippen LogP contribution in [0.1, 0.15) is 53.4 Å². The Bertz CT molecular complexity index is 704. The van der Waals surface area contributed by atoms with Gasteiger partial charge < -0.3 is 10.2 Å². The lowest BCUT2D eigenvalue weighted by Gasteiger charge is -2.29. The molecule has 0 heterocycles. The standard InChI is InChI=1S/C20H33N3O3S/c1-5-23(6-2)19-13-11-17(12-14-19)21-20(24)16-7-9-18(10-8-16)22-27(25,26)15(3)4/h11-16,18,22H,5-10H2,1-4H3,(H,21,24). The SMILES string of the molecule is CCN(CC)c1ccc(NC(=O)C2CCC(NS(=O)(=O)C(C)C)CC2)cc1. The molecular formula is C20H33N3O3S. The van der Waals surface area contributed by atoms with Crippen molar-refractivity contribution in [2.24, 2.45) is 5.92 Å². The number of rotatable bonds is 8. The summed E-state index contributed by atoms with van der Waals surface area (Å²) in [5.74, 6) is -0.0389. The smallest absolute Gasteiger partial charge is 0.227 e. The summed E-state index contributed by atoms with van der Waals surface area (Å²) in [4.78, 5) is 14.8. The number of anilines is 2. The van der Waals surface area contributed by atoms with E-state index < -0.39 is 15.3 Å². The van der Waals surface area contributed by atoms with Gasteiger partial charge in [-0.2, -0.15) is 0 Å². The lowest BCUT2D eigenvalue weighted by atomic mass is 9.86. The van der Waals surface area contributed by atoms with Crippen LogP contribution in [0.25, 0.3) is 0 Å². The first-order valence-corrected chi connectivity index (χ1v) is 11.5. The van der Waals surface area contributed by atoms with E-state index in [2.05, 4.69) is 28.8 Å². The molecule has 0 aliphatic heterocycles. The van der Waals surface area contributed by atoms with Crippen molar-refractivity contribution in [3.8, 4) is 0 Å². The Balaban J connectivity index is 1.86. The molecule has 152 valence electrons. The molecule has 7 heteroatoms. The fourth-order valence-corrected chi connectivity index (χ4v) is 4.40. The van der Waals surface area contributed by atoms with E-state index in [0.717, 1.165) is 24.5 Å². The van der Waals surface area contributed by atoms with Crippen LogP contribution in [-0.2, 0) is 14.8 Å². The molecule has 0 saturated heterocycles. The molecule has 0 radical (unpaired) electrons. The van der Waals surface area contributed by atoms with Crippen LogP contribution in [0.4, 0.5) is 11.4 Å². The number of amides is 1. The van der Waals surface area contributed by atoms with Crippen LogP contribution in [0, 0.1) is 5.92 Å². The van der Waals surface area contributed by atoms with Crippen LogP contribution in [0.3, 0.4) is 0 Å². The van der Waals surface area contributed by atoms with E-state index in [4.69, 9.17) is 0 Å². The lowest BCUT2D eigenvalue weighted by molar-refractivity contribution is -0.120. The maximum Gasteiger partial charge on any atom is 0.227 e. The summed E-state index contributed by atoms with van der Waals surface area (Å²) in [6.07, 6.45) is 2.80. The van der Waals surface area contributed by atoms with Gasteiger partial charge in [-0.1, -0.05) is 0 Å². The van der Waals surface area contributed by atoms with Crippen molar-refractivity contribution >= 4 is 27.3 Å². The van der Waals surface area contributed by atoms with Gasteiger partial charge in [0.25, 0.3) is 0 Å². The minimum atomic E-state index is -3.25. The Hall–Kier alpha value is -1.60. The highest BCUT2D eigenvalue weighted by Crippen LogP contribution is 2.27. The van der Waals surface area contributed by atoms with Crippen molar-refractivity contribution in [2.45, 2.75) is 64.7 Å². The molecule has 2 N–H and O–H groups in total. The first-order valence-electron chi connectivity index (χ1n) is 9.93. The van der Waals surface area contributed by atoms with Gasteiger partial charge in [-0.15, -0.1) is 0 Å². The van der Waals surface area contributed by atoms with Crippen molar-refractivity contribution in [1.29, 1.82) is 0 Å². The van der Waals surface area contributed by atoms with Crippen LogP contribution >= 0.6 is 0 Å². The van der Waals surface area contributed by atoms with E-state index in [0.29, 0.717) is 25.7 Å². The number of benzene rings is 1. The summed E-state index contributed by atoms with van der Waals surface area (Å²) in [7, 11) is -3.25. The third-order valence-electron chi connectivity index (χ3n) is 5.31. The molecule has 2 rings (SSSR count). The monoisotopic (exact) mass is 395 g/mol. The van der Waals surface area contributed by atoms with Crippen molar-refractivity contribution < 1.29 is 13.2 Å². The summed E-state index contributed by atoms with van der Waals surface area (Å²) in [6, 6.07) is 7.87. The molecule has 1 aliphatic rings. The number of sulfonamides is 1. The highest BCUT2D eigenvalue weighted by molar-refractivity contribution is 7.90. The van der Waals surface area contributed by atoms with E-state index >= 15 is 0 Å². The lowest BCUT2D eigenvalue weighted by Crippen LogP contribution is -2.42. The third-order valence-corrected chi connectivity index (χ3v) is 7.22. The van der Waals surface area contributed by atoms with Gasteiger partial charge in [-0.25, -0.2) is 13.1 Å². The fraction of sp³-hybridized carbons (Fsp3) is 0.650. The number of hydrogen-bond acceptors (Lipinski definition) is 4. The zero-order valence-corrected chi connectivity index (χ0v) is 17.7. The average Bonchev–Trinajstić information content (AvgIpc) is 2.64. The Morgan fingerprint density at radius 1 is 1.07 bits per heavy atom. The van der Waals surface area contributed by atoms with Crippen molar-refractivity contribution in [1.82, 2.24) is 4.72 Å². The quantitative estimate of drug-likeness (QED) is 0.707. The Labute approximate surface area is 163 Å². The van der Waals surface area contributed by atoms with Crippen LogP contribution in [-0.4, -0.2) is 38.7 Å². The highest BCUT2D eigenvalue weighted by atomic mass is 32.2. The predicted octanol–water partition coefficient (Wildman–Crippen LogP) is 3.36. The maximum absolute atomic E-state index is 12.5. The number of hydrogen-bond donors (Lipinski definition) is 2. The van der Waals surface area contributed by atoms with Crippen LogP contribution in [0.15, 0.2) is 24.3 Å². The molecule has 0 aromatic heterocycles. The molecule has 0 unspecified atom stereocenters. The van der Waals surface area contributed by atoms with Gasteiger partial charge in [0.05, 0.1) is 5.25 Å². The zero-order chi connectivity index (χ0) is 20.0. The van der Waals surface area contributed by atoms with Gasteiger partial charge in [-0.05, 0) is 77.6 Å². The van der Waals surface area contributed by atoms with Crippen LogP contribution < -0.4 is 14.9 Å². The Morgan fingerprint density at radius 3 is 2.11 bits per heavy atom. The maximum atomic E-state index is 12.5. The molecule has 0 atom stereocenters. The van der Waals surface area contributed by atoms with Gasteiger partial charge in [-0.3, -0.25) is 4.79 Å². The van der Waals surface area contributed by atoms with Gasteiger partial charge in [0.1, 0.15) is 0 Å². The van der Waals surface area contributed by atoms with E-state index in [1.807, 2.05) is 24.3 Å². The van der Waals surface area contributed by atoms with E-state index in [-0.39, 0.29) is 17.9 Å². The molecule has 27 heavy (non-hydrogen) atoms. The van der Waals surface area contributed by atoms with Crippen molar-refractivity contribution in [3.63, 3.8) is 0 Å². The number of carbonyl (C=O) groups excluding carboxylic acids is 1. The normalized spacial score (nSPS) is 20.5. The van der Waals surface area contributed by atoms with Crippen LogP contribution in [0.2, 0.25) is 0 Å². The van der Waals surface area contributed by atoms with Gasteiger partial charge >= 0.3 is 0 Å². The minimum absolute atomic E-state index is 0.0238. The second-order valence-electron chi connectivity index (χ2n) is 7.47. The first-order chi connectivity index (χ1) is 12.8. The number of nitrogens with one attached hydrogen (secondary N) is 2.